The molecule has 0 aromatic carbocycles. The highest BCUT2D eigenvalue weighted by Gasteiger charge is 2.49. The predicted molar refractivity (Wildman–Crippen MR) is 84.3 cm³/mol. The molecule has 7 unspecified atom stereocenters. The Morgan fingerprint density at radius 1 is 0.960 bits per heavy atom. The van der Waals surface area contributed by atoms with Gasteiger partial charge < -0.3 is 45.8 Å². The number of rotatable bonds is 8. The first-order valence-electron chi connectivity index (χ1n) is 8.33. The van der Waals surface area contributed by atoms with Crippen LogP contribution in [-0.4, -0.2) is 103 Å². The van der Waals surface area contributed by atoms with Gasteiger partial charge in [-0.1, -0.05) is 13.8 Å². The van der Waals surface area contributed by atoms with Crippen LogP contribution in [0.2, 0.25) is 0 Å². The number of aliphatic hydroxyl groups is 7. The van der Waals surface area contributed by atoms with Gasteiger partial charge in [-0.25, -0.2) is 0 Å². The minimum atomic E-state index is -1.74. The van der Waals surface area contributed by atoms with Gasteiger partial charge in [0.05, 0.1) is 18.8 Å². The van der Waals surface area contributed by atoms with Crippen LogP contribution < -0.4 is 5.32 Å². The zero-order chi connectivity index (χ0) is 19.3. The molecule has 0 bridgehead atoms. The van der Waals surface area contributed by atoms with Gasteiger partial charge in [0, 0.05) is 6.42 Å². The minimum absolute atomic E-state index is 0.129. The number of hydrogen-bond acceptors (Lipinski definition) is 9. The lowest BCUT2D eigenvalue weighted by atomic mass is 9.85. The molecule has 0 saturated heterocycles. The van der Waals surface area contributed by atoms with E-state index in [0.717, 1.165) is 0 Å². The van der Waals surface area contributed by atoms with Crippen LogP contribution in [0.4, 0.5) is 0 Å². The van der Waals surface area contributed by atoms with Gasteiger partial charge in [-0.3, -0.25) is 4.79 Å². The standard InChI is InChI=1S/C15H29NO9/c1-3-7(17)9(19)6(16-8(18)4-2)5-25-15-13(23)11(21)10(20)12(22)14(15)24/h6-7,9-15,17,19-24H,3-5H2,1-2H3,(H,16,18). The normalized spacial score (nSPS) is 36.5. The van der Waals surface area contributed by atoms with Crippen molar-refractivity contribution >= 4 is 5.91 Å². The molecule has 7 atom stereocenters. The summed E-state index contributed by atoms with van der Waals surface area (Å²) in [5, 5.41) is 71.1. The van der Waals surface area contributed by atoms with Crippen molar-refractivity contribution in [2.24, 2.45) is 0 Å². The Morgan fingerprint density at radius 3 is 1.88 bits per heavy atom. The largest absolute Gasteiger partial charge is 0.390 e. The van der Waals surface area contributed by atoms with E-state index in [0.29, 0.717) is 0 Å². The van der Waals surface area contributed by atoms with Crippen molar-refractivity contribution in [3.05, 3.63) is 0 Å². The van der Waals surface area contributed by atoms with Gasteiger partial charge in [-0.15, -0.1) is 0 Å². The van der Waals surface area contributed by atoms with Gasteiger partial charge in [0.1, 0.15) is 42.7 Å². The van der Waals surface area contributed by atoms with Crippen molar-refractivity contribution in [1.29, 1.82) is 0 Å². The third-order valence-corrected chi connectivity index (χ3v) is 4.43. The quantitative estimate of drug-likeness (QED) is 0.213. The fourth-order valence-corrected chi connectivity index (χ4v) is 2.65. The SMILES string of the molecule is CCC(=O)NC(COC1C(O)C(O)C(O)C(O)C1O)C(O)C(O)CC. The number of amides is 1. The van der Waals surface area contributed by atoms with Crippen LogP contribution in [0.1, 0.15) is 26.7 Å². The summed E-state index contributed by atoms with van der Waals surface area (Å²) in [5.41, 5.74) is 0. The number of carbonyl (C=O) groups is 1. The van der Waals surface area contributed by atoms with Crippen LogP contribution in [0.5, 0.6) is 0 Å². The molecule has 0 radical (unpaired) electrons. The lowest BCUT2D eigenvalue weighted by molar-refractivity contribution is -0.237. The molecule has 1 amide bonds. The highest BCUT2D eigenvalue weighted by Crippen LogP contribution is 2.24. The summed E-state index contributed by atoms with van der Waals surface area (Å²) >= 11 is 0. The Morgan fingerprint density at radius 2 is 1.44 bits per heavy atom. The third-order valence-electron chi connectivity index (χ3n) is 4.43. The van der Waals surface area contributed by atoms with E-state index in [2.05, 4.69) is 5.32 Å². The molecule has 10 nitrogen and oxygen atoms in total. The maximum absolute atomic E-state index is 11.6. The molecular formula is C15H29NO9. The van der Waals surface area contributed by atoms with Crippen molar-refractivity contribution in [3.8, 4) is 0 Å². The molecule has 10 heteroatoms. The van der Waals surface area contributed by atoms with Crippen LogP contribution in [0, 0.1) is 0 Å². The van der Waals surface area contributed by atoms with Crippen molar-refractivity contribution in [3.63, 3.8) is 0 Å². The Bertz CT molecular complexity index is 408. The summed E-state index contributed by atoms with van der Waals surface area (Å²) < 4.78 is 5.30. The first-order valence-corrected chi connectivity index (χ1v) is 8.33. The van der Waals surface area contributed by atoms with Crippen molar-refractivity contribution in [1.82, 2.24) is 5.32 Å². The average Bonchev–Trinajstić information content (AvgIpc) is 2.62. The van der Waals surface area contributed by atoms with Gasteiger partial charge in [0.15, 0.2) is 0 Å². The number of ether oxygens (including phenoxy) is 1. The predicted octanol–water partition coefficient (Wildman–Crippen LogP) is -3.78. The molecular weight excluding hydrogens is 338 g/mol. The molecule has 0 heterocycles. The van der Waals surface area contributed by atoms with Crippen LogP contribution in [0.3, 0.4) is 0 Å². The van der Waals surface area contributed by atoms with Crippen LogP contribution in [0.25, 0.3) is 0 Å². The van der Waals surface area contributed by atoms with Crippen molar-refractivity contribution in [2.75, 3.05) is 6.61 Å². The number of hydrogen-bond donors (Lipinski definition) is 8. The molecule has 1 aliphatic carbocycles. The number of carbonyl (C=O) groups excluding carboxylic acids is 1. The van der Waals surface area contributed by atoms with Crippen LogP contribution in [0.15, 0.2) is 0 Å². The fourth-order valence-electron chi connectivity index (χ4n) is 2.65. The molecule has 0 aromatic rings. The Balaban J connectivity index is 2.81. The maximum Gasteiger partial charge on any atom is 0.220 e. The van der Waals surface area contributed by atoms with Gasteiger partial charge in [0.2, 0.25) is 5.91 Å². The van der Waals surface area contributed by atoms with Gasteiger partial charge in [-0.2, -0.15) is 0 Å². The number of nitrogens with one attached hydrogen (secondary N) is 1. The third kappa shape index (κ3) is 5.31. The Kier molecular flexibility index (Phi) is 8.64. The summed E-state index contributed by atoms with van der Waals surface area (Å²) in [6.07, 6.45) is -12.2. The molecule has 8 N–H and O–H groups in total. The van der Waals surface area contributed by atoms with Crippen molar-refractivity contribution in [2.45, 2.75) is 81.6 Å². The molecule has 148 valence electrons. The topological polar surface area (TPSA) is 180 Å². The number of aliphatic hydroxyl groups excluding tert-OH is 7. The van der Waals surface area contributed by atoms with Crippen LogP contribution >= 0.6 is 0 Å². The van der Waals surface area contributed by atoms with Crippen LogP contribution in [-0.2, 0) is 9.53 Å². The Labute approximate surface area is 145 Å². The Hall–Kier alpha value is -0.850. The molecule has 1 fully saturated rings. The minimum Gasteiger partial charge on any atom is -0.390 e. The van der Waals surface area contributed by atoms with Gasteiger partial charge in [-0.05, 0) is 6.42 Å². The summed E-state index contributed by atoms with van der Waals surface area (Å²) in [5.74, 6) is -0.406. The van der Waals surface area contributed by atoms with E-state index in [9.17, 15) is 40.5 Å². The highest BCUT2D eigenvalue weighted by atomic mass is 16.5. The molecule has 0 aliphatic heterocycles. The lowest BCUT2D eigenvalue weighted by Gasteiger charge is -2.42. The maximum atomic E-state index is 11.6. The summed E-state index contributed by atoms with van der Waals surface area (Å²) in [6, 6.07) is -1.04. The zero-order valence-electron chi connectivity index (χ0n) is 14.3. The van der Waals surface area contributed by atoms with E-state index in [1.807, 2.05) is 0 Å². The van der Waals surface area contributed by atoms with Gasteiger partial charge in [0.25, 0.3) is 0 Å². The van der Waals surface area contributed by atoms with E-state index < -0.39 is 67.4 Å². The second-order valence-electron chi connectivity index (χ2n) is 6.24. The fraction of sp³-hybridized carbons (Fsp3) is 0.933. The second kappa shape index (κ2) is 9.74. The molecule has 25 heavy (non-hydrogen) atoms. The molecule has 0 spiro atoms. The van der Waals surface area contributed by atoms with E-state index in [1.165, 1.54) is 0 Å². The first-order chi connectivity index (χ1) is 11.6. The van der Waals surface area contributed by atoms with E-state index in [1.54, 1.807) is 13.8 Å². The summed E-state index contributed by atoms with van der Waals surface area (Å²) in [6.45, 7) is 2.83. The summed E-state index contributed by atoms with van der Waals surface area (Å²) in [7, 11) is 0. The van der Waals surface area contributed by atoms with E-state index >= 15 is 0 Å². The lowest BCUT2D eigenvalue weighted by Crippen LogP contribution is -2.65. The molecule has 1 aliphatic rings. The van der Waals surface area contributed by atoms with E-state index in [4.69, 9.17) is 4.74 Å². The molecule has 1 rings (SSSR count). The smallest absolute Gasteiger partial charge is 0.220 e. The zero-order valence-corrected chi connectivity index (χ0v) is 14.3. The first kappa shape index (κ1) is 22.2. The second-order valence-corrected chi connectivity index (χ2v) is 6.24. The summed E-state index contributed by atoms with van der Waals surface area (Å²) in [4.78, 5) is 11.6. The molecule has 0 aromatic heterocycles. The average molecular weight is 367 g/mol. The van der Waals surface area contributed by atoms with Gasteiger partial charge >= 0.3 is 0 Å². The van der Waals surface area contributed by atoms with Crippen molar-refractivity contribution < 1.29 is 45.3 Å². The van der Waals surface area contributed by atoms with E-state index in [-0.39, 0.29) is 12.8 Å². The highest BCUT2D eigenvalue weighted by molar-refractivity contribution is 5.75. The monoisotopic (exact) mass is 367 g/mol. The molecule has 1 saturated carbocycles.